The summed E-state index contributed by atoms with van der Waals surface area (Å²) in [5.41, 5.74) is 2.61. The number of benzene rings is 2. The fourth-order valence-corrected chi connectivity index (χ4v) is 2.00. The van der Waals surface area contributed by atoms with Crippen molar-refractivity contribution < 1.29 is 27.6 Å². The molecule has 0 aliphatic heterocycles. The van der Waals surface area contributed by atoms with Gasteiger partial charge in [-0.2, -0.15) is 13.2 Å². The van der Waals surface area contributed by atoms with Gasteiger partial charge in [0.1, 0.15) is 17.6 Å². The van der Waals surface area contributed by atoms with Gasteiger partial charge in [0.15, 0.2) is 0 Å². The van der Waals surface area contributed by atoms with E-state index < -0.39 is 22.4 Å². The molecule has 2 N–H and O–H groups in total. The normalized spacial score (nSPS) is 11.7. The van der Waals surface area contributed by atoms with Crippen molar-refractivity contribution in [1.82, 2.24) is 0 Å². The van der Waals surface area contributed by atoms with Gasteiger partial charge in [0.25, 0.3) is 5.69 Å². The number of carbonyl (C=O) groups is 1. The summed E-state index contributed by atoms with van der Waals surface area (Å²) in [5.74, 6) is 0.737. The highest BCUT2D eigenvalue weighted by Crippen LogP contribution is 2.36. The van der Waals surface area contributed by atoms with Crippen LogP contribution in [0.4, 0.5) is 24.5 Å². The summed E-state index contributed by atoms with van der Waals surface area (Å²) in [6, 6.07) is 9.86. The molecule has 146 valence electrons. The van der Waals surface area contributed by atoms with Crippen molar-refractivity contribution in [3.8, 4) is 5.75 Å². The van der Waals surface area contributed by atoms with Crippen molar-refractivity contribution in [2.24, 2.45) is 5.92 Å². The van der Waals surface area contributed by atoms with Crippen LogP contribution >= 0.6 is 15.9 Å². The zero-order chi connectivity index (χ0) is 20.6. The van der Waals surface area contributed by atoms with Gasteiger partial charge in [-0.1, -0.05) is 22.9 Å². The maximum atomic E-state index is 12.2. The number of carbonyl (C=O) groups excluding carboxylic acids is 1. The van der Waals surface area contributed by atoms with E-state index in [1.54, 1.807) is 0 Å². The van der Waals surface area contributed by atoms with Gasteiger partial charge in [0.05, 0.1) is 11.5 Å². The second-order valence-electron chi connectivity index (χ2n) is 5.41. The molecule has 27 heavy (non-hydrogen) atoms. The van der Waals surface area contributed by atoms with Crippen LogP contribution in [0.15, 0.2) is 46.9 Å². The first-order valence-corrected chi connectivity index (χ1v) is 8.28. The smallest absolute Gasteiger partial charge is 0.423 e. The second kappa shape index (κ2) is 9.91. The number of nitrogen functional groups attached to an aromatic ring is 1. The summed E-state index contributed by atoms with van der Waals surface area (Å²) < 4.78 is 43.1. The SMILES string of the molecule is CC(C=O)COc1ccc(Br)cc1.Nc1ccc([N+](=O)[O-])c(C(F)(F)F)c1. The maximum absolute atomic E-state index is 12.2. The van der Waals surface area contributed by atoms with Crippen molar-refractivity contribution in [2.45, 2.75) is 13.1 Å². The van der Waals surface area contributed by atoms with Crippen LogP contribution in [0.2, 0.25) is 0 Å². The molecule has 0 fully saturated rings. The van der Waals surface area contributed by atoms with Gasteiger partial charge in [-0.15, -0.1) is 0 Å². The minimum absolute atomic E-state index is 0.0522. The van der Waals surface area contributed by atoms with Crippen LogP contribution in [-0.2, 0) is 11.0 Å². The van der Waals surface area contributed by atoms with Crippen molar-refractivity contribution in [3.05, 3.63) is 62.6 Å². The summed E-state index contributed by atoms with van der Waals surface area (Å²) in [7, 11) is 0. The highest BCUT2D eigenvalue weighted by Gasteiger charge is 2.38. The van der Waals surface area contributed by atoms with Gasteiger partial charge < -0.3 is 15.3 Å². The Morgan fingerprint density at radius 1 is 1.26 bits per heavy atom. The number of anilines is 1. The van der Waals surface area contributed by atoms with E-state index in [9.17, 15) is 28.1 Å². The van der Waals surface area contributed by atoms with Gasteiger partial charge in [0, 0.05) is 22.1 Å². The first-order chi connectivity index (χ1) is 12.5. The number of nitrogens with zero attached hydrogens (tertiary/aromatic N) is 1. The van der Waals surface area contributed by atoms with E-state index in [2.05, 4.69) is 15.9 Å². The lowest BCUT2D eigenvalue weighted by molar-refractivity contribution is -0.388. The molecule has 1 atom stereocenters. The molecular formula is C17H16BrF3N2O4. The van der Waals surface area contributed by atoms with Crippen molar-refractivity contribution in [3.63, 3.8) is 0 Å². The number of hydrogen-bond acceptors (Lipinski definition) is 5. The molecule has 0 amide bonds. The van der Waals surface area contributed by atoms with Gasteiger partial charge in [-0.3, -0.25) is 10.1 Å². The zero-order valence-corrected chi connectivity index (χ0v) is 15.7. The van der Waals surface area contributed by atoms with E-state index in [1.165, 1.54) is 0 Å². The van der Waals surface area contributed by atoms with Crippen LogP contribution in [0, 0.1) is 16.0 Å². The van der Waals surface area contributed by atoms with E-state index in [1.807, 2.05) is 31.2 Å². The minimum Gasteiger partial charge on any atom is -0.493 e. The largest absolute Gasteiger partial charge is 0.493 e. The van der Waals surface area contributed by atoms with Crippen LogP contribution in [0.25, 0.3) is 0 Å². The number of nitro benzene ring substituents is 1. The Bertz CT molecular complexity index is 783. The van der Waals surface area contributed by atoms with Crippen molar-refractivity contribution in [1.29, 1.82) is 0 Å². The molecule has 0 aliphatic carbocycles. The van der Waals surface area contributed by atoms with Gasteiger partial charge in [0.2, 0.25) is 0 Å². The monoisotopic (exact) mass is 448 g/mol. The van der Waals surface area contributed by atoms with E-state index in [0.29, 0.717) is 12.7 Å². The van der Waals surface area contributed by atoms with Gasteiger partial charge in [-0.25, -0.2) is 0 Å². The van der Waals surface area contributed by atoms with Gasteiger partial charge >= 0.3 is 6.18 Å². The molecule has 0 heterocycles. The van der Waals surface area contributed by atoms with Crippen LogP contribution in [0.5, 0.6) is 5.75 Å². The predicted octanol–water partition coefficient (Wildman–Crippen LogP) is 4.86. The number of halogens is 4. The summed E-state index contributed by atoms with van der Waals surface area (Å²) in [6.45, 7) is 2.26. The number of ether oxygens (including phenoxy) is 1. The Balaban J connectivity index is 0.000000271. The maximum Gasteiger partial charge on any atom is 0.423 e. The lowest BCUT2D eigenvalue weighted by atomic mass is 10.1. The molecule has 1 unspecified atom stereocenters. The standard InChI is InChI=1S/C10H11BrO2.C7H5F3N2O2/c1-8(6-12)7-13-10-4-2-9(11)3-5-10;8-7(9,10)5-3-4(11)1-2-6(5)12(13)14/h2-6,8H,7H2,1H3;1-3H,11H2. The molecule has 2 aromatic rings. The molecule has 6 nitrogen and oxygen atoms in total. The van der Waals surface area contributed by atoms with Crippen LogP contribution < -0.4 is 10.5 Å². The fraction of sp³-hybridized carbons (Fsp3) is 0.235. The van der Waals surface area contributed by atoms with E-state index >= 15 is 0 Å². The topological polar surface area (TPSA) is 95.5 Å². The molecule has 0 saturated carbocycles. The average Bonchev–Trinajstić information content (AvgIpc) is 2.60. The van der Waals surface area contributed by atoms with Crippen LogP contribution in [0.3, 0.4) is 0 Å². The molecule has 0 bridgehead atoms. The van der Waals surface area contributed by atoms with Gasteiger partial charge in [-0.05, 0) is 36.4 Å². The molecule has 0 aliphatic rings. The Hall–Kier alpha value is -2.62. The molecule has 10 heteroatoms. The Morgan fingerprint density at radius 2 is 1.85 bits per heavy atom. The lowest BCUT2D eigenvalue weighted by Gasteiger charge is -2.07. The number of hydrogen-bond donors (Lipinski definition) is 1. The second-order valence-corrected chi connectivity index (χ2v) is 6.33. The molecule has 0 aromatic heterocycles. The summed E-state index contributed by atoms with van der Waals surface area (Å²) in [4.78, 5) is 19.4. The third-order valence-corrected chi connectivity index (χ3v) is 3.61. The zero-order valence-electron chi connectivity index (χ0n) is 14.1. The lowest BCUT2D eigenvalue weighted by Crippen LogP contribution is -2.09. The number of rotatable bonds is 5. The minimum atomic E-state index is -4.77. The summed E-state index contributed by atoms with van der Waals surface area (Å²) >= 11 is 3.33. The van der Waals surface area contributed by atoms with Crippen LogP contribution in [0.1, 0.15) is 12.5 Å². The molecule has 0 saturated heterocycles. The first kappa shape index (κ1) is 22.4. The molecule has 0 radical (unpaired) electrons. The average molecular weight is 449 g/mol. The number of nitrogens with two attached hydrogens (primary N) is 1. The summed E-state index contributed by atoms with van der Waals surface area (Å²) in [6.07, 6.45) is -3.88. The first-order valence-electron chi connectivity index (χ1n) is 7.49. The third-order valence-electron chi connectivity index (χ3n) is 3.08. The van der Waals surface area contributed by atoms with E-state index in [-0.39, 0.29) is 11.6 Å². The fourth-order valence-electron chi connectivity index (χ4n) is 1.74. The van der Waals surface area contributed by atoms with Crippen molar-refractivity contribution >= 4 is 33.6 Å². The number of aldehydes is 1. The van der Waals surface area contributed by atoms with Crippen LogP contribution in [-0.4, -0.2) is 17.8 Å². The Kier molecular flexibility index (Phi) is 8.23. The summed E-state index contributed by atoms with van der Waals surface area (Å²) in [5, 5.41) is 10.2. The number of alkyl halides is 3. The third kappa shape index (κ3) is 7.65. The molecule has 2 rings (SSSR count). The molecular weight excluding hydrogens is 433 g/mol. The Labute approximate surface area is 161 Å². The van der Waals surface area contributed by atoms with E-state index in [0.717, 1.165) is 28.6 Å². The highest BCUT2D eigenvalue weighted by molar-refractivity contribution is 9.10. The Morgan fingerprint density at radius 3 is 2.33 bits per heavy atom. The van der Waals surface area contributed by atoms with Crippen molar-refractivity contribution in [2.75, 3.05) is 12.3 Å². The number of nitro groups is 1. The predicted molar refractivity (Wildman–Crippen MR) is 97.4 cm³/mol. The molecule has 2 aromatic carbocycles. The molecule has 0 spiro atoms. The highest BCUT2D eigenvalue weighted by atomic mass is 79.9. The quantitative estimate of drug-likeness (QED) is 0.305. The van der Waals surface area contributed by atoms with E-state index in [4.69, 9.17) is 10.5 Å².